The lowest BCUT2D eigenvalue weighted by Crippen LogP contribution is -2.20. The number of hydrogen-bond donors (Lipinski definition) is 0. The van der Waals surface area contributed by atoms with Crippen LogP contribution >= 0.6 is 0 Å². The van der Waals surface area contributed by atoms with Crippen LogP contribution in [0.1, 0.15) is 34.1 Å². The number of rotatable bonds is 5. The third kappa shape index (κ3) is 4.06. The SMILES string of the molecule is C#CC(C)(CC)/C(F)=C(\N=C(C)N(C)C)OCC. The Morgan fingerprint density at radius 1 is 1.44 bits per heavy atom. The molecule has 0 aromatic rings. The van der Waals surface area contributed by atoms with E-state index < -0.39 is 11.2 Å². The molecule has 0 aliphatic rings. The summed E-state index contributed by atoms with van der Waals surface area (Å²) in [7, 11) is 3.67. The number of aliphatic imine (C=N–C) groups is 1. The standard InChI is InChI=1S/C14H23FN2O/c1-8-14(5,9-2)12(15)13(18-10-3)16-11(4)17(6)7/h1H,9-10H2,2-7H3/b13-12-,16-11?. The van der Waals surface area contributed by atoms with Crippen molar-refractivity contribution in [3.05, 3.63) is 11.7 Å². The van der Waals surface area contributed by atoms with Crippen LogP contribution < -0.4 is 0 Å². The van der Waals surface area contributed by atoms with Crippen LogP contribution in [0.3, 0.4) is 0 Å². The lowest BCUT2D eigenvalue weighted by molar-refractivity contribution is 0.200. The van der Waals surface area contributed by atoms with Crippen molar-refractivity contribution in [2.24, 2.45) is 10.4 Å². The van der Waals surface area contributed by atoms with Gasteiger partial charge in [0.25, 0.3) is 0 Å². The molecule has 0 aromatic carbocycles. The highest BCUT2D eigenvalue weighted by atomic mass is 19.1. The number of amidine groups is 1. The average Bonchev–Trinajstić information content (AvgIpc) is 2.36. The molecular formula is C14H23FN2O. The molecule has 102 valence electrons. The summed E-state index contributed by atoms with van der Waals surface area (Å²) in [4.78, 5) is 5.94. The van der Waals surface area contributed by atoms with Crippen molar-refractivity contribution in [2.45, 2.75) is 34.1 Å². The second kappa shape index (κ2) is 7.05. The molecule has 0 amide bonds. The average molecular weight is 254 g/mol. The van der Waals surface area contributed by atoms with Crippen LogP contribution in [0.15, 0.2) is 16.7 Å². The minimum atomic E-state index is -0.972. The number of ether oxygens (including phenoxy) is 1. The fourth-order valence-corrected chi connectivity index (χ4v) is 1.09. The van der Waals surface area contributed by atoms with Gasteiger partial charge in [-0.1, -0.05) is 12.8 Å². The van der Waals surface area contributed by atoms with Gasteiger partial charge >= 0.3 is 0 Å². The Hall–Kier alpha value is -1.50. The Bertz CT molecular complexity index is 380. The van der Waals surface area contributed by atoms with Gasteiger partial charge in [0.15, 0.2) is 5.83 Å². The third-order valence-corrected chi connectivity index (χ3v) is 2.89. The Morgan fingerprint density at radius 2 is 2.00 bits per heavy atom. The summed E-state index contributed by atoms with van der Waals surface area (Å²) >= 11 is 0. The number of nitrogens with zero attached hydrogens (tertiary/aromatic N) is 2. The van der Waals surface area contributed by atoms with Gasteiger partial charge in [0.1, 0.15) is 5.84 Å². The van der Waals surface area contributed by atoms with E-state index >= 15 is 0 Å². The predicted molar refractivity (Wildman–Crippen MR) is 73.8 cm³/mol. The smallest absolute Gasteiger partial charge is 0.249 e. The van der Waals surface area contributed by atoms with Crippen LogP contribution in [0.2, 0.25) is 0 Å². The second-order valence-electron chi connectivity index (χ2n) is 4.44. The zero-order chi connectivity index (χ0) is 14.3. The highest BCUT2D eigenvalue weighted by Gasteiger charge is 2.29. The summed E-state index contributed by atoms with van der Waals surface area (Å²) in [5.41, 5.74) is -0.972. The molecule has 1 atom stereocenters. The van der Waals surface area contributed by atoms with Gasteiger partial charge in [-0.3, -0.25) is 0 Å². The molecule has 4 heteroatoms. The van der Waals surface area contributed by atoms with Crippen LogP contribution in [0, 0.1) is 17.8 Å². The van der Waals surface area contributed by atoms with Crippen LogP contribution in [-0.4, -0.2) is 31.4 Å². The molecule has 0 aliphatic carbocycles. The van der Waals surface area contributed by atoms with Gasteiger partial charge in [-0.05, 0) is 27.2 Å². The Labute approximate surface area is 110 Å². The van der Waals surface area contributed by atoms with E-state index in [2.05, 4.69) is 10.9 Å². The zero-order valence-electron chi connectivity index (χ0n) is 12.2. The van der Waals surface area contributed by atoms with Crippen LogP contribution in [0.4, 0.5) is 4.39 Å². The molecule has 0 bridgehead atoms. The maximum atomic E-state index is 14.4. The lowest BCUT2D eigenvalue weighted by atomic mass is 9.87. The molecule has 1 unspecified atom stereocenters. The molecule has 0 spiro atoms. The maximum absolute atomic E-state index is 14.4. The van der Waals surface area contributed by atoms with Gasteiger partial charge in [0, 0.05) is 14.1 Å². The fourth-order valence-electron chi connectivity index (χ4n) is 1.09. The molecular weight excluding hydrogens is 231 g/mol. The van der Waals surface area contributed by atoms with Gasteiger partial charge in [0.2, 0.25) is 5.88 Å². The zero-order valence-corrected chi connectivity index (χ0v) is 12.2. The molecule has 0 heterocycles. The van der Waals surface area contributed by atoms with E-state index in [1.807, 2.05) is 21.0 Å². The first kappa shape index (κ1) is 16.5. The number of terminal acetylenes is 1. The summed E-state index contributed by atoms with van der Waals surface area (Å²) in [5, 5.41) is 0. The first-order valence-electron chi connectivity index (χ1n) is 6.05. The topological polar surface area (TPSA) is 24.8 Å². The van der Waals surface area contributed by atoms with Crippen LogP contribution in [-0.2, 0) is 4.74 Å². The summed E-state index contributed by atoms with van der Waals surface area (Å²) < 4.78 is 19.7. The highest BCUT2D eigenvalue weighted by Crippen LogP contribution is 2.34. The molecule has 0 aromatic heterocycles. The van der Waals surface area contributed by atoms with Gasteiger partial charge in [0.05, 0.1) is 12.0 Å². The van der Waals surface area contributed by atoms with E-state index in [1.165, 1.54) is 0 Å². The molecule has 3 nitrogen and oxygen atoms in total. The summed E-state index contributed by atoms with van der Waals surface area (Å²) in [6.07, 6.45) is 5.89. The van der Waals surface area contributed by atoms with E-state index in [9.17, 15) is 4.39 Å². The largest absolute Gasteiger partial charge is 0.476 e. The summed E-state index contributed by atoms with van der Waals surface area (Å²) in [6.45, 7) is 7.42. The highest BCUT2D eigenvalue weighted by molar-refractivity contribution is 5.80. The van der Waals surface area contributed by atoms with E-state index in [1.54, 1.807) is 25.7 Å². The van der Waals surface area contributed by atoms with Gasteiger partial charge < -0.3 is 9.64 Å². The van der Waals surface area contributed by atoms with Crippen molar-refractivity contribution in [2.75, 3.05) is 20.7 Å². The molecule has 0 radical (unpaired) electrons. The molecule has 18 heavy (non-hydrogen) atoms. The van der Waals surface area contributed by atoms with Crippen molar-refractivity contribution >= 4 is 5.84 Å². The van der Waals surface area contributed by atoms with E-state index in [0.29, 0.717) is 18.9 Å². The van der Waals surface area contributed by atoms with Crippen molar-refractivity contribution < 1.29 is 9.13 Å². The van der Waals surface area contributed by atoms with Gasteiger partial charge in [-0.15, -0.1) is 6.42 Å². The van der Waals surface area contributed by atoms with Crippen molar-refractivity contribution in [1.82, 2.24) is 4.90 Å². The fraction of sp³-hybridized carbons (Fsp3) is 0.643. The first-order chi connectivity index (χ1) is 8.32. The van der Waals surface area contributed by atoms with Crippen molar-refractivity contribution in [3.63, 3.8) is 0 Å². The molecule has 0 saturated carbocycles. The molecule has 0 fully saturated rings. The predicted octanol–water partition coefficient (Wildman–Crippen LogP) is 3.19. The van der Waals surface area contributed by atoms with Gasteiger partial charge in [-0.25, -0.2) is 4.39 Å². The van der Waals surface area contributed by atoms with Crippen molar-refractivity contribution in [1.29, 1.82) is 0 Å². The third-order valence-electron chi connectivity index (χ3n) is 2.89. The molecule has 0 saturated heterocycles. The summed E-state index contributed by atoms with van der Waals surface area (Å²) in [6, 6.07) is 0. The minimum absolute atomic E-state index is 0.0222. The minimum Gasteiger partial charge on any atom is -0.476 e. The number of halogens is 1. The van der Waals surface area contributed by atoms with E-state index in [-0.39, 0.29) is 5.88 Å². The normalized spacial score (nSPS) is 16.4. The van der Waals surface area contributed by atoms with Crippen molar-refractivity contribution in [3.8, 4) is 12.3 Å². The molecule has 0 N–H and O–H groups in total. The number of hydrogen-bond acceptors (Lipinski definition) is 2. The van der Waals surface area contributed by atoms with Crippen LogP contribution in [0.25, 0.3) is 0 Å². The Kier molecular flexibility index (Phi) is 6.46. The summed E-state index contributed by atoms with van der Waals surface area (Å²) in [5.74, 6) is 2.62. The van der Waals surface area contributed by atoms with Gasteiger partial charge in [-0.2, -0.15) is 4.99 Å². The maximum Gasteiger partial charge on any atom is 0.249 e. The second-order valence-corrected chi connectivity index (χ2v) is 4.44. The Balaban J connectivity index is 5.59. The van der Waals surface area contributed by atoms with E-state index in [4.69, 9.17) is 11.2 Å². The quantitative estimate of drug-likeness (QED) is 0.326. The lowest BCUT2D eigenvalue weighted by Gasteiger charge is -2.21. The molecule has 0 rings (SSSR count). The molecule has 0 aliphatic heterocycles. The monoisotopic (exact) mass is 254 g/mol. The van der Waals surface area contributed by atoms with E-state index in [0.717, 1.165) is 0 Å². The Morgan fingerprint density at radius 3 is 2.33 bits per heavy atom. The number of allylic oxidation sites excluding steroid dienone is 1. The van der Waals surface area contributed by atoms with Crippen LogP contribution in [0.5, 0.6) is 0 Å². The first-order valence-corrected chi connectivity index (χ1v) is 6.05.